The van der Waals surface area contributed by atoms with Crippen LogP contribution in [-0.4, -0.2) is 58.9 Å². The van der Waals surface area contributed by atoms with E-state index in [2.05, 4.69) is 15.5 Å². The Morgan fingerprint density at radius 1 is 1.42 bits per heavy atom. The fourth-order valence-electron chi connectivity index (χ4n) is 2.61. The van der Waals surface area contributed by atoms with Gasteiger partial charge >= 0.3 is 12.0 Å². The molecule has 0 radical (unpaired) electrons. The van der Waals surface area contributed by atoms with Crippen molar-refractivity contribution in [2.24, 2.45) is 0 Å². The minimum absolute atomic E-state index is 0.0457. The molecule has 0 unspecified atom stereocenters. The quantitative estimate of drug-likeness (QED) is 0.607. The van der Waals surface area contributed by atoms with Crippen LogP contribution in [0.5, 0.6) is 0 Å². The summed E-state index contributed by atoms with van der Waals surface area (Å²) in [6, 6.07) is 6.81. The van der Waals surface area contributed by atoms with Crippen LogP contribution in [0.4, 0.5) is 11.7 Å². The Morgan fingerprint density at radius 3 is 2.85 bits per heavy atom. The number of nitrogens with one attached hydrogen (secondary N) is 1. The fraction of sp³-hybridized carbons (Fsp3) is 0.250. The summed E-state index contributed by atoms with van der Waals surface area (Å²) in [4.78, 5) is 26.0. The molecule has 1 aromatic carbocycles. The van der Waals surface area contributed by atoms with Gasteiger partial charge < -0.3 is 30.2 Å². The zero-order chi connectivity index (χ0) is 18.7. The summed E-state index contributed by atoms with van der Waals surface area (Å²) in [6.45, 7) is -0.0677. The topological polar surface area (TPSA) is 144 Å². The molecule has 1 aliphatic heterocycles. The van der Waals surface area contributed by atoms with E-state index < -0.39 is 11.9 Å². The lowest BCUT2D eigenvalue weighted by Crippen LogP contribution is -2.31. The van der Waals surface area contributed by atoms with E-state index >= 15 is 0 Å². The molecule has 2 aromatic rings. The number of amides is 1. The summed E-state index contributed by atoms with van der Waals surface area (Å²) in [6.07, 6.45) is 0. The van der Waals surface area contributed by atoms with Gasteiger partial charge in [-0.3, -0.25) is 4.79 Å². The lowest BCUT2D eigenvalue weighted by atomic mass is 10.1. The Bertz CT molecular complexity index is 875. The van der Waals surface area contributed by atoms with Gasteiger partial charge in [-0.2, -0.15) is 0 Å². The van der Waals surface area contributed by atoms with Crippen molar-refractivity contribution in [2.75, 3.05) is 37.9 Å². The molecule has 0 fully saturated rings. The molecule has 1 aromatic heterocycles. The van der Waals surface area contributed by atoms with Crippen LogP contribution >= 0.6 is 0 Å². The third-order valence-electron chi connectivity index (χ3n) is 3.81. The number of ether oxygens (including phenoxy) is 1. The van der Waals surface area contributed by atoms with Crippen molar-refractivity contribution >= 4 is 23.6 Å². The van der Waals surface area contributed by atoms with E-state index in [0.717, 1.165) is 0 Å². The van der Waals surface area contributed by atoms with E-state index in [1.54, 1.807) is 24.3 Å². The number of hydrogen-bond acceptors (Lipinski definition) is 9. The van der Waals surface area contributed by atoms with E-state index in [4.69, 9.17) is 20.0 Å². The maximum atomic E-state index is 12.6. The molecule has 2 heterocycles. The number of carbonyl (C=O) groups is 2. The first-order chi connectivity index (χ1) is 12.5. The molecule has 0 atom stereocenters. The molecule has 0 bridgehead atoms. The number of nitrogens with zero attached hydrogens (tertiary/aromatic N) is 3. The predicted octanol–water partition coefficient (Wildman–Crippen LogP) is -0.00770. The van der Waals surface area contributed by atoms with E-state index in [9.17, 15) is 9.59 Å². The molecule has 0 saturated heterocycles. The van der Waals surface area contributed by atoms with Crippen LogP contribution in [0.3, 0.4) is 0 Å². The minimum Gasteiger partial charge on any atom is -0.466 e. The molecule has 1 amide bonds. The Hall–Kier alpha value is -3.40. The summed E-state index contributed by atoms with van der Waals surface area (Å²) in [5.41, 5.74) is 6.71. The van der Waals surface area contributed by atoms with E-state index in [1.807, 2.05) is 0 Å². The van der Waals surface area contributed by atoms with E-state index in [-0.39, 0.29) is 42.9 Å². The molecule has 136 valence electrons. The largest absolute Gasteiger partial charge is 0.466 e. The van der Waals surface area contributed by atoms with Crippen LogP contribution in [0, 0.1) is 0 Å². The first-order valence-corrected chi connectivity index (χ1v) is 7.72. The lowest BCUT2D eigenvalue weighted by Gasteiger charge is -2.15. The van der Waals surface area contributed by atoms with Crippen molar-refractivity contribution in [1.29, 1.82) is 0 Å². The average molecular weight is 359 g/mol. The summed E-state index contributed by atoms with van der Waals surface area (Å²) in [5.74, 6) is -0.872. The molecule has 1 aliphatic rings. The molecule has 26 heavy (non-hydrogen) atoms. The second-order valence-corrected chi connectivity index (χ2v) is 5.41. The highest BCUT2D eigenvalue weighted by Crippen LogP contribution is 2.30. The number of nitrogens with two attached hydrogens (primary N) is 1. The van der Waals surface area contributed by atoms with Crippen molar-refractivity contribution in [2.45, 2.75) is 0 Å². The number of aliphatic hydroxyl groups excluding tert-OH is 1. The van der Waals surface area contributed by atoms with Crippen LogP contribution in [0.15, 0.2) is 40.0 Å². The first-order valence-electron chi connectivity index (χ1n) is 7.72. The number of rotatable bonds is 6. The smallest absolute Gasteiger partial charge is 0.337 e. The van der Waals surface area contributed by atoms with Crippen LogP contribution < -0.4 is 11.1 Å². The maximum Gasteiger partial charge on any atom is 0.337 e. The Labute approximate surface area is 148 Å². The standard InChI is InChI=1S/C16H17N5O5/c1-25-15(24)10-8-21(6-7-22)14(23)12(10)18-11-5-3-2-4-9(11)13-19-20-16(17)26-13/h2-5,18,22H,6-8H2,1H3,(H2,17,20). The van der Waals surface area contributed by atoms with Gasteiger partial charge in [0.25, 0.3) is 11.8 Å². The monoisotopic (exact) mass is 359 g/mol. The van der Waals surface area contributed by atoms with Crippen LogP contribution in [0.25, 0.3) is 11.5 Å². The number of methoxy groups -OCH3 is 1. The average Bonchev–Trinajstić information content (AvgIpc) is 3.20. The summed E-state index contributed by atoms with van der Waals surface area (Å²) >= 11 is 0. The van der Waals surface area contributed by atoms with Gasteiger partial charge in [-0.05, 0) is 12.1 Å². The van der Waals surface area contributed by atoms with Crippen LogP contribution in [-0.2, 0) is 14.3 Å². The third-order valence-corrected chi connectivity index (χ3v) is 3.81. The number of hydrogen-bond donors (Lipinski definition) is 3. The van der Waals surface area contributed by atoms with Crippen molar-refractivity contribution in [3.8, 4) is 11.5 Å². The third kappa shape index (κ3) is 3.22. The van der Waals surface area contributed by atoms with Gasteiger partial charge in [0.15, 0.2) is 0 Å². The summed E-state index contributed by atoms with van der Waals surface area (Å²) in [5, 5.41) is 19.5. The number of esters is 1. The number of carbonyl (C=O) groups excluding carboxylic acids is 2. The molecule has 0 aliphatic carbocycles. The number of anilines is 2. The molecular weight excluding hydrogens is 342 g/mol. The zero-order valence-corrected chi connectivity index (χ0v) is 13.9. The van der Waals surface area contributed by atoms with Crippen molar-refractivity contribution in [3.63, 3.8) is 0 Å². The number of para-hydroxylation sites is 1. The SMILES string of the molecule is COC(=O)C1=C(Nc2ccccc2-c2nnc(N)o2)C(=O)N(CCO)C1. The van der Waals surface area contributed by atoms with Crippen molar-refractivity contribution in [1.82, 2.24) is 15.1 Å². The Morgan fingerprint density at radius 2 is 2.19 bits per heavy atom. The minimum atomic E-state index is -0.624. The van der Waals surface area contributed by atoms with Crippen LogP contribution in [0.2, 0.25) is 0 Å². The molecule has 3 rings (SSSR count). The van der Waals surface area contributed by atoms with Gasteiger partial charge in [0.1, 0.15) is 5.70 Å². The Balaban J connectivity index is 1.98. The molecule has 0 saturated carbocycles. The second kappa shape index (κ2) is 7.23. The Kier molecular flexibility index (Phi) is 4.85. The number of benzene rings is 1. The summed E-state index contributed by atoms with van der Waals surface area (Å²) in [7, 11) is 1.24. The normalized spacial score (nSPS) is 14.1. The second-order valence-electron chi connectivity index (χ2n) is 5.41. The van der Waals surface area contributed by atoms with Gasteiger partial charge in [-0.25, -0.2) is 4.79 Å². The van der Waals surface area contributed by atoms with Crippen LogP contribution in [0.1, 0.15) is 0 Å². The van der Waals surface area contributed by atoms with Crippen molar-refractivity contribution in [3.05, 3.63) is 35.5 Å². The summed E-state index contributed by atoms with van der Waals surface area (Å²) < 4.78 is 10.00. The zero-order valence-electron chi connectivity index (χ0n) is 13.9. The number of aromatic nitrogens is 2. The van der Waals surface area contributed by atoms with Gasteiger partial charge in [-0.1, -0.05) is 17.2 Å². The highest BCUT2D eigenvalue weighted by atomic mass is 16.5. The van der Waals surface area contributed by atoms with Gasteiger partial charge in [0.05, 0.1) is 37.1 Å². The molecule has 10 nitrogen and oxygen atoms in total. The first kappa shape index (κ1) is 17.4. The van der Waals surface area contributed by atoms with Gasteiger partial charge in [0.2, 0.25) is 0 Å². The highest BCUT2D eigenvalue weighted by Gasteiger charge is 2.34. The number of aliphatic hydroxyl groups is 1. The van der Waals surface area contributed by atoms with E-state index in [0.29, 0.717) is 11.3 Å². The van der Waals surface area contributed by atoms with Gasteiger partial charge in [0, 0.05) is 6.54 Å². The number of β-amino-alcohol motifs (C(OH)–C–C–N with tert-alkyl or cyclic N) is 1. The van der Waals surface area contributed by atoms with Gasteiger partial charge in [-0.15, -0.1) is 5.10 Å². The molecular formula is C16H17N5O5. The molecule has 10 heteroatoms. The molecule has 4 N–H and O–H groups in total. The van der Waals surface area contributed by atoms with Crippen molar-refractivity contribution < 1.29 is 23.8 Å². The molecule has 0 spiro atoms. The highest BCUT2D eigenvalue weighted by molar-refractivity contribution is 6.09. The maximum absolute atomic E-state index is 12.6. The predicted molar refractivity (Wildman–Crippen MR) is 90.5 cm³/mol. The lowest BCUT2D eigenvalue weighted by molar-refractivity contribution is -0.136. The number of nitrogen functional groups attached to an aromatic ring is 1. The fourth-order valence-corrected chi connectivity index (χ4v) is 2.61. The van der Waals surface area contributed by atoms with E-state index in [1.165, 1.54) is 12.0 Å².